The standard InChI is InChI=1S/C10H11BrN4S/c1-6-4-14-10(12)15-9(6)13-5-8-7(11)2-3-16-8/h2-4H,5H2,1H3,(H3,12,13,14,15). The molecule has 0 fully saturated rings. The molecule has 0 aliphatic rings. The number of hydrogen-bond donors (Lipinski definition) is 2. The Morgan fingerprint density at radius 3 is 3.06 bits per heavy atom. The van der Waals surface area contributed by atoms with Crippen molar-refractivity contribution in [1.82, 2.24) is 9.97 Å². The quantitative estimate of drug-likeness (QED) is 0.914. The summed E-state index contributed by atoms with van der Waals surface area (Å²) in [6.07, 6.45) is 1.72. The molecule has 3 N–H and O–H groups in total. The monoisotopic (exact) mass is 298 g/mol. The molecule has 2 rings (SSSR count). The van der Waals surface area contributed by atoms with Crippen molar-refractivity contribution in [2.75, 3.05) is 11.1 Å². The van der Waals surface area contributed by atoms with E-state index < -0.39 is 0 Å². The average molecular weight is 299 g/mol. The normalized spacial score (nSPS) is 10.4. The summed E-state index contributed by atoms with van der Waals surface area (Å²) in [4.78, 5) is 9.30. The highest BCUT2D eigenvalue weighted by molar-refractivity contribution is 9.10. The zero-order valence-electron chi connectivity index (χ0n) is 8.70. The molecule has 0 unspecified atom stereocenters. The minimum absolute atomic E-state index is 0.290. The molecule has 0 amide bonds. The van der Waals surface area contributed by atoms with Crippen LogP contribution in [0.2, 0.25) is 0 Å². The molecule has 2 aromatic heterocycles. The van der Waals surface area contributed by atoms with Gasteiger partial charge in [0, 0.05) is 21.1 Å². The number of aryl methyl sites for hydroxylation is 1. The Morgan fingerprint density at radius 2 is 2.38 bits per heavy atom. The first kappa shape index (κ1) is 11.3. The van der Waals surface area contributed by atoms with E-state index >= 15 is 0 Å². The highest BCUT2D eigenvalue weighted by Crippen LogP contribution is 2.23. The van der Waals surface area contributed by atoms with Crippen LogP contribution in [0.3, 0.4) is 0 Å². The fraction of sp³-hybridized carbons (Fsp3) is 0.200. The smallest absolute Gasteiger partial charge is 0.221 e. The molecule has 0 atom stereocenters. The highest BCUT2D eigenvalue weighted by Gasteiger charge is 2.04. The first-order chi connectivity index (χ1) is 7.66. The number of hydrogen-bond acceptors (Lipinski definition) is 5. The molecule has 0 radical (unpaired) electrons. The summed E-state index contributed by atoms with van der Waals surface area (Å²) in [7, 11) is 0. The molecular weight excluding hydrogens is 288 g/mol. The van der Waals surface area contributed by atoms with Gasteiger partial charge in [-0.15, -0.1) is 11.3 Å². The van der Waals surface area contributed by atoms with Gasteiger partial charge < -0.3 is 11.1 Å². The second kappa shape index (κ2) is 4.80. The minimum atomic E-state index is 0.290. The number of nitrogens with two attached hydrogens (primary N) is 1. The van der Waals surface area contributed by atoms with Crippen LogP contribution in [0.4, 0.5) is 11.8 Å². The minimum Gasteiger partial charge on any atom is -0.368 e. The lowest BCUT2D eigenvalue weighted by molar-refractivity contribution is 1.08. The van der Waals surface area contributed by atoms with Gasteiger partial charge in [0.05, 0.1) is 6.54 Å². The molecule has 0 saturated heterocycles. The highest BCUT2D eigenvalue weighted by atomic mass is 79.9. The molecule has 16 heavy (non-hydrogen) atoms. The summed E-state index contributed by atoms with van der Waals surface area (Å²) in [6, 6.07) is 2.03. The van der Waals surface area contributed by atoms with Crippen LogP contribution < -0.4 is 11.1 Å². The predicted molar refractivity (Wildman–Crippen MR) is 70.5 cm³/mol. The molecule has 6 heteroatoms. The number of anilines is 2. The van der Waals surface area contributed by atoms with Crippen molar-refractivity contribution in [3.05, 3.63) is 32.6 Å². The first-order valence-electron chi connectivity index (χ1n) is 4.71. The van der Waals surface area contributed by atoms with Crippen LogP contribution in [0.1, 0.15) is 10.4 Å². The number of halogens is 1. The van der Waals surface area contributed by atoms with Gasteiger partial charge in [-0.1, -0.05) is 0 Å². The van der Waals surface area contributed by atoms with Crippen LogP contribution in [-0.2, 0) is 6.54 Å². The van der Waals surface area contributed by atoms with Crippen molar-refractivity contribution in [2.45, 2.75) is 13.5 Å². The van der Waals surface area contributed by atoms with Crippen molar-refractivity contribution in [3.8, 4) is 0 Å². The van der Waals surface area contributed by atoms with Crippen molar-refractivity contribution in [2.24, 2.45) is 0 Å². The lowest BCUT2D eigenvalue weighted by atomic mass is 10.3. The summed E-state index contributed by atoms with van der Waals surface area (Å²) < 4.78 is 1.12. The van der Waals surface area contributed by atoms with Crippen molar-refractivity contribution >= 4 is 39.0 Å². The molecule has 0 aliphatic heterocycles. The van der Waals surface area contributed by atoms with Crippen LogP contribution in [0.15, 0.2) is 22.1 Å². The van der Waals surface area contributed by atoms with Gasteiger partial charge in [-0.25, -0.2) is 4.98 Å². The molecule has 4 nitrogen and oxygen atoms in total. The van der Waals surface area contributed by atoms with Crippen molar-refractivity contribution < 1.29 is 0 Å². The van der Waals surface area contributed by atoms with Crippen molar-refractivity contribution in [1.29, 1.82) is 0 Å². The average Bonchev–Trinajstić information content (AvgIpc) is 2.66. The number of rotatable bonds is 3. The van der Waals surface area contributed by atoms with E-state index in [2.05, 4.69) is 31.2 Å². The fourth-order valence-corrected chi connectivity index (χ4v) is 2.68. The second-order valence-corrected chi connectivity index (χ2v) is 5.16. The summed E-state index contributed by atoms with van der Waals surface area (Å²) in [6.45, 7) is 2.68. The summed E-state index contributed by atoms with van der Waals surface area (Å²) in [5.41, 5.74) is 6.53. The number of nitrogen functional groups attached to an aromatic ring is 1. The number of thiophene rings is 1. The van der Waals surface area contributed by atoms with Gasteiger partial charge in [-0.05, 0) is 34.3 Å². The Bertz CT molecular complexity index is 497. The van der Waals surface area contributed by atoms with Gasteiger partial charge in [0.25, 0.3) is 0 Å². The molecule has 0 bridgehead atoms. The first-order valence-corrected chi connectivity index (χ1v) is 6.39. The molecule has 2 aromatic rings. The maximum absolute atomic E-state index is 5.54. The molecule has 2 heterocycles. The van der Waals surface area contributed by atoms with Gasteiger partial charge in [-0.3, -0.25) is 0 Å². The zero-order chi connectivity index (χ0) is 11.5. The van der Waals surface area contributed by atoms with Crippen molar-refractivity contribution in [3.63, 3.8) is 0 Å². The van der Waals surface area contributed by atoms with Crippen LogP contribution in [0.5, 0.6) is 0 Å². The number of nitrogens with zero attached hydrogens (tertiary/aromatic N) is 2. The lowest BCUT2D eigenvalue weighted by Crippen LogP contribution is -2.05. The third-order valence-electron chi connectivity index (χ3n) is 2.10. The third-order valence-corrected chi connectivity index (χ3v) is 4.02. The van der Waals surface area contributed by atoms with Crippen LogP contribution >= 0.6 is 27.3 Å². The number of nitrogens with one attached hydrogen (secondary N) is 1. The summed E-state index contributed by atoms with van der Waals surface area (Å²) in [5.74, 6) is 1.08. The molecule has 0 spiro atoms. The SMILES string of the molecule is Cc1cnc(N)nc1NCc1sccc1Br. The van der Waals surface area contributed by atoms with Gasteiger partial charge in [0.1, 0.15) is 5.82 Å². The van der Waals surface area contributed by atoms with E-state index in [-0.39, 0.29) is 0 Å². The van der Waals surface area contributed by atoms with E-state index in [1.54, 1.807) is 17.5 Å². The van der Waals surface area contributed by atoms with E-state index in [1.807, 2.05) is 18.4 Å². The van der Waals surface area contributed by atoms with E-state index in [4.69, 9.17) is 5.73 Å². The fourth-order valence-electron chi connectivity index (χ4n) is 1.25. The Morgan fingerprint density at radius 1 is 1.56 bits per heavy atom. The predicted octanol–water partition coefficient (Wildman–Crippen LogP) is 2.80. The number of aromatic nitrogens is 2. The Hall–Kier alpha value is -1.14. The molecule has 84 valence electrons. The Balaban J connectivity index is 2.10. The van der Waals surface area contributed by atoms with E-state index in [0.29, 0.717) is 5.95 Å². The molecule has 0 aromatic carbocycles. The molecule has 0 aliphatic carbocycles. The maximum atomic E-state index is 5.54. The summed E-state index contributed by atoms with van der Waals surface area (Å²) >= 11 is 5.18. The van der Waals surface area contributed by atoms with Gasteiger partial charge in [0.15, 0.2) is 0 Å². The lowest BCUT2D eigenvalue weighted by Gasteiger charge is -2.07. The van der Waals surface area contributed by atoms with Crippen LogP contribution in [0, 0.1) is 6.92 Å². The van der Waals surface area contributed by atoms with Crippen LogP contribution in [-0.4, -0.2) is 9.97 Å². The third kappa shape index (κ3) is 2.51. The maximum Gasteiger partial charge on any atom is 0.221 e. The van der Waals surface area contributed by atoms with E-state index in [9.17, 15) is 0 Å². The van der Waals surface area contributed by atoms with E-state index in [1.165, 1.54) is 4.88 Å². The Kier molecular flexibility index (Phi) is 3.40. The second-order valence-electron chi connectivity index (χ2n) is 3.31. The van der Waals surface area contributed by atoms with Gasteiger partial charge >= 0.3 is 0 Å². The Labute approximate surface area is 106 Å². The topological polar surface area (TPSA) is 63.8 Å². The zero-order valence-corrected chi connectivity index (χ0v) is 11.1. The molecule has 0 saturated carbocycles. The van der Waals surface area contributed by atoms with E-state index in [0.717, 1.165) is 22.4 Å². The van der Waals surface area contributed by atoms with Gasteiger partial charge in [-0.2, -0.15) is 4.98 Å². The van der Waals surface area contributed by atoms with Crippen LogP contribution in [0.25, 0.3) is 0 Å². The largest absolute Gasteiger partial charge is 0.368 e. The van der Waals surface area contributed by atoms with Gasteiger partial charge in [0.2, 0.25) is 5.95 Å². The summed E-state index contributed by atoms with van der Waals surface area (Å²) in [5, 5.41) is 5.29. The molecular formula is C10H11BrN4S.